The molecule has 1 N–H and O–H groups in total. The Kier molecular flexibility index (Phi) is 2.92. The number of rotatable bonds is 2. The summed E-state index contributed by atoms with van der Waals surface area (Å²) in [5.74, 6) is 0. The highest BCUT2D eigenvalue weighted by molar-refractivity contribution is 5.75. The molecule has 2 amide bonds. The van der Waals surface area contributed by atoms with Crippen molar-refractivity contribution in [2.75, 3.05) is 26.7 Å². The van der Waals surface area contributed by atoms with Crippen molar-refractivity contribution in [3.63, 3.8) is 0 Å². The number of aliphatic hydroxyl groups excluding tert-OH is 1. The quantitative estimate of drug-likeness (QED) is 0.643. The first-order valence-corrected chi connectivity index (χ1v) is 4.29. The lowest BCUT2D eigenvalue weighted by Crippen LogP contribution is -2.51. The van der Waals surface area contributed by atoms with Crippen LogP contribution in [0, 0.1) is 0 Å². The van der Waals surface area contributed by atoms with Crippen LogP contribution in [0.4, 0.5) is 4.79 Å². The highest BCUT2D eigenvalue weighted by Crippen LogP contribution is 2.10. The van der Waals surface area contributed by atoms with Crippen molar-refractivity contribution >= 4 is 6.03 Å². The van der Waals surface area contributed by atoms with Gasteiger partial charge in [-0.05, 0) is 13.3 Å². The highest BCUT2D eigenvalue weighted by Gasteiger charge is 2.25. The van der Waals surface area contributed by atoms with Crippen molar-refractivity contribution in [1.82, 2.24) is 9.80 Å². The lowest BCUT2D eigenvalue weighted by molar-refractivity contribution is 0.0983. The zero-order chi connectivity index (χ0) is 9.14. The molecule has 70 valence electrons. The molecule has 0 aromatic heterocycles. The number of aliphatic hydroxyl groups is 1. The van der Waals surface area contributed by atoms with Gasteiger partial charge in [-0.15, -0.1) is 0 Å². The van der Waals surface area contributed by atoms with Gasteiger partial charge in [0.1, 0.15) is 0 Å². The topological polar surface area (TPSA) is 43.8 Å². The van der Waals surface area contributed by atoms with Crippen LogP contribution in [0.2, 0.25) is 0 Å². The van der Waals surface area contributed by atoms with E-state index in [0.29, 0.717) is 0 Å². The Labute approximate surface area is 72.8 Å². The molecule has 1 atom stereocenters. The van der Waals surface area contributed by atoms with E-state index in [1.165, 1.54) is 0 Å². The molecule has 4 nitrogen and oxygen atoms in total. The maximum atomic E-state index is 11.5. The summed E-state index contributed by atoms with van der Waals surface area (Å²) in [6.45, 7) is 3.50. The molecule has 1 fully saturated rings. The van der Waals surface area contributed by atoms with Gasteiger partial charge in [-0.2, -0.15) is 0 Å². The second kappa shape index (κ2) is 3.76. The Morgan fingerprint density at radius 3 is 2.83 bits per heavy atom. The maximum Gasteiger partial charge on any atom is 0.320 e. The molecule has 1 heterocycles. The number of amides is 2. The van der Waals surface area contributed by atoms with Gasteiger partial charge < -0.3 is 14.9 Å². The molecule has 1 aliphatic rings. The first-order valence-electron chi connectivity index (χ1n) is 4.29. The minimum atomic E-state index is -0.0553. The van der Waals surface area contributed by atoms with Gasteiger partial charge in [0.15, 0.2) is 0 Å². The molecular weight excluding hydrogens is 156 g/mol. The van der Waals surface area contributed by atoms with Gasteiger partial charge in [0.25, 0.3) is 0 Å². The largest absolute Gasteiger partial charge is 0.394 e. The van der Waals surface area contributed by atoms with E-state index in [1.54, 1.807) is 16.8 Å². The summed E-state index contributed by atoms with van der Waals surface area (Å²) >= 11 is 0. The molecule has 0 aromatic carbocycles. The van der Waals surface area contributed by atoms with Gasteiger partial charge in [0, 0.05) is 20.1 Å². The van der Waals surface area contributed by atoms with E-state index in [0.717, 1.165) is 19.5 Å². The first-order chi connectivity index (χ1) is 5.66. The summed E-state index contributed by atoms with van der Waals surface area (Å²) in [4.78, 5) is 14.9. The molecule has 1 rings (SSSR count). The number of hydrogen-bond acceptors (Lipinski definition) is 2. The fraction of sp³-hybridized carbons (Fsp3) is 0.875. The third kappa shape index (κ3) is 1.69. The van der Waals surface area contributed by atoms with Crippen LogP contribution < -0.4 is 0 Å². The number of nitrogens with zero attached hydrogens (tertiary/aromatic N) is 2. The molecule has 0 saturated carbocycles. The van der Waals surface area contributed by atoms with Gasteiger partial charge in [0.2, 0.25) is 0 Å². The molecule has 12 heavy (non-hydrogen) atoms. The summed E-state index contributed by atoms with van der Waals surface area (Å²) in [6, 6.07) is -0.0250. The standard InChI is InChI=1S/C8H16N2O2/c1-7(6-11)10-5-3-4-9(2)8(10)12/h7,11H,3-6H2,1-2H3. The third-order valence-corrected chi connectivity index (χ3v) is 2.26. The zero-order valence-corrected chi connectivity index (χ0v) is 7.66. The highest BCUT2D eigenvalue weighted by atomic mass is 16.3. The van der Waals surface area contributed by atoms with Crippen LogP contribution >= 0.6 is 0 Å². The van der Waals surface area contributed by atoms with Crippen molar-refractivity contribution in [3.05, 3.63) is 0 Å². The smallest absolute Gasteiger partial charge is 0.320 e. The monoisotopic (exact) mass is 172 g/mol. The van der Waals surface area contributed by atoms with Crippen LogP contribution in [0.3, 0.4) is 0 Å². The molecule has 1 saturated heterocycles. The molecule has 1 unspecified atom stereocenters. The van der Waals surface area contributed by atoms with Gasteiger partial charge in [-0.1, -0.05) is 0 Å². The Bertz CT molecular complexity index is 172. The molecule has 0 aliphatic carbocycles. The van der Waals surface area contributed by atoms with Crippen LogP contribution in [0.25, 0.3) is 0 Å². The second-order valence-electron chi connectivity index (χ2n) is 3.28. The summed E-state index contributed by atoms with van der Waals surface area (Å²) in [6.07, 6.45) is 0.993. The Morgan fingerprint density at radius 2 is 2.25 bits per heavy atom. The summed E-state index contributed by atoms with van der Waals surface area (Å²) in [5.41, 5.74) is 0. The van der Waals surface area contributed by atoms with E-state index >= 15 is 0 Å². The van der Waals surface area contributed by atoms with Crippen molar-refractivity contribution < 1.29 is 9.90 Å². The summed E-state index contributed by atoms with van der Waals surface area (Å²) in [5, 5.41) is 8.88. The third-order valence-electron chi connectivity index (χ3n) is 2.26. The minimum absolute atomic E-state index is 0.0304. The Balaban J connectivity index is 2.57. The van der Waals surface area contributed by atoms with Gasteiger partial charge >= 0.3 is 6.03 Å². The number of hydrogen-bond donors (Lipinski definition) is 1. The Morgan fingerprint density at radius 1 is 1.58 bits per heavy atom. The van der Waals surface area contributed by atoms with E-state index < -0.39 is 0 Å². The van der Waals surface area contributed by atoms with Crippen LogP contribution in [0.1, 0.15) is 13.3 Å². The van der Waals surface area contributed by atoms with Crippen LogP contribution in [-0.4, -0.2) is 53.7 Å². The normalized spacial score (nSPS) is 21.4. The van der Waals surface area contributed by atoms with Crippen LogP contribution in [0.5, 0.6) is 0 Å². The average Bonchev–Trinajstić information content (AvgIpc) is 2.08. The van der Waals surface area contributed by atoms with Crippen molar-refractivity contribution in [2.24, 2.45) is 0 Å². The lowest BCUT2D eigenvalue weighted by atomic mass is 10.2. The molecule has 1 aliphatic heterocycles. The van der Waals surface area contributed by atoms with E-state index in [4.69, 9.17) is 5.11 Å². The average molecular weight is 172 g/mol. The van der Waals surface area contributed by atoms with Gasteiger partial charge in [-0.3, -0.25) is 0 Å². The molecule has 4 heteroatoms. The predicted molar refractivity (Wildman–Crippen MR) is 45.9 cm³/mol. The number of carbonyl (C=O) groups is 1. The Hall–Kier alpha value is -0.770. The molecular formula is C8H16N2O2. The number of urea groups is 1. The van der Waals surface area contributed by atoms with E-state index in [1.807, 2.05) is 6.92 Å². The summed E-state index contributed by atoms with van der Waals surface area (Å²) in [7, 11) is 1.79. The number of carbonyl (C=O) groups excluding carboxylic acids is 1. The van der Waals surface area contributed by atoms with Crippen molar-refractivity contribution in [1.29, 1.82) is 0 Å². The fourth-order valence-electron chi connectivity index (χ4n) is 1.40. The van der Waals surface area contributed by atoms with Crippen LogP contribution in [-0.2, 0) is 0 Å². The minimum Gasteiger partial charge on any atom is -0.394 e. The van der Waals surface area contributed by atoms with Crippen molar-refractivity contribution in [3.8, 4) is 0 Å². The molecule has 0 aromatic rings. The first kappa shape index (κ1) is 9.32. The van der Waals surface area contributed by atoms with Gasteiger partial charge in [-0.25, -0.2) is 4.79 Å². The summed E-state index contributed by atoms with van der Waals surface area (Å²) < 4.78 is 0. The SMILES string of the molecule is CC(CO)N1CCCN(C)C1=O. The molecule has 0 bridgehead atoms. The maximum absolute atomic E-state index is 11.5. The fourth-order valence-corrected chi connectivity index (χ4v) is 1.40. The van der Waals surface area contributed by atoms with E-state index in [-0.39, 0.29) is 18.7 Å². The predicted octanol–water partition coefficient (Wildman–Crippen LogP) is 0.125. The lowest BCUT2D eigenvalue weighted by Gasteiger charge is -2.36. The molecule has 0 spiro atoms. The van der Waals surface area contributed by atoms with Gasteiger partial charge in [0.05, 0.1) is 12.6 Å². The van der Waals surface area contributed by atoms with E-state index in [2.05, 4.69) is 0 Å². The second-order valence-corrected chi connectivity index (χ2v) is 3.28. The molecule has 0 radical (unpaired) electrons. The van der Waals surface area contributed by atoms with Crippen LogP contribution in [0.15, 0.2) is 0 Å². The van der Waals surface area contributed by atoms with E-state index in [9.17, 15) is 4.79 Å². The van der Waals surface area contributed by atoms with Crippen molar-refractivity contribution in [2.45, 2.75) is 19.4 Å². The zero-order valence-electron chi connectivity index (χ0n) is 7.66.